The molecule has 0 amide bonds. The van der Waals surface area contributed by atoms with Crippen LogP contribution in [-0.4, -0.2) is 27.2 Å². The van der Waals surface area contributed by atoms with E-state index in [0.717, 1.165) is 11.4 Å². The maximum Gasteiger partial charge on any atom is 0.259 e. The lowest BCUT2D eigenvalue weighted by molar-refractivity contribution is 0.156. The summed E-state index contributed by atoms with van der Waals surface area (Å²) in [6.45, 7) is 8.94. The third-order valence-electron chi connectivity index (χ3n) is 4.37. The van der Waals surface area contributed by atoms with Gasteiger partial charge >= 0.3 is 0 Å². The summed E-state index contributed by atoms with van der Waals surface area (Å²) in [5.41, 5.74) is 2.19. The predicted octanol–water partition coefficient (Wildman–Crippen LogP) is 2.78. The molecule has 5 nitrogen and oxygen atoms in total. The van der Waals surface area contributed by atoms with Gasteiger partial charge in [0.1, 0.15) is 5.82 Å². The number of fused-ring (bicyclic) bond motifs is 1. The number of halogens is 1. The average Bonchev–Trinajstić information content (AvgIpc) is 2.53. The lowest BCUT2D eigenvalue weighted by Crippen LogP contribution is -2.50. The molecule has 2 aromatic rings. The van der Waals surface area contributed by atoms with Gasteiger partial charge in [-0.25, -0.2) is 9.37 Å². The van der Waals surface area contributed by atoms with Crippen LogP contribution < -0.4 is 10.5 Å². The van der Waals surface area contributed by atoms with E-state index >= 15 is 0 Å². The van der Waals surface area contributed by atoms with E-state index in [4.69, 9.17) is 0 Å². The van der Waals surface area contributed by atoms with E-state index in [1.165, 1.54) is 12.1 Å². The van der Waals surface area contributed by atoms with Crippen LogP contribution in [0.5, 0.6) is 0 Å². The van der Waals surface area contributed by atoms with Crippen molar-refractivity contribution < 1.29 is 4.39 Å². The molecule has 0 aliphatic carbocycles. The smallest absolute Gasteiger partial charge is 0.259 e. The first-order valence-corrected chi connectivity index (χ1v) is 7.73. The highest BCUT2D eigenvalue weighted by molar-refractivity contribution is 5.58. The molecule has 1 aromatic carbocycles. The van der Waals surface area contributed by atoms with Crippen molar-refractivity contribution in [3.8, 4) is 0 Å². The number of nitrogens with zero attached hydrogens (tertiary/aromatic N) is 4. The summed E-state index contributed by atoms with van der Waals surface area (Å²) in [5.74, 6) is 0.332. The van der Waals surface area contributed by atoms with Gasteiger partial charge in [-0.3, -0.25) is 19.2 Å². The molecule has 2 heterocycles. The number of aryl methyl sites for hydroxylation is 1. The van der Waals surface area contributed by atoms with Crippen molar-refractivity contribution in [2.45, 2.75) is 40.4 Å². The number of hydrogen-bond donors (Lipinski definition) is 0. The van der Waals surface area contributed by atoms with Gasteiger partial charge in [0.15, 0.2) is 0 Å². The van der Waals surface area contributed by atoms with Crippen LogP contribution in [0.25, 0.3) is 0 Å². The fourth-order valence-corrected chi connectivity index (χ4v) is 2.69. The molecule has 0 unspecified atom stereocenters. The van der Waals surface area contributed by atoms with Gasteiger partial charge in [-0.15, -0.1) is 0 Å². The van der Waals surface area contributed by atoms with Crippen LogP contribution in [0.1, 0.15) is 25.1 Å². The molecule has 1 aromatic heterocycles. The maximum absolute atomic E-state index is 13.2. The van der Waals surface area contributed by atoms with Gasteiger partial charge in [0.05, 0.1) is 13.3 Å². The molecule has 0 radical (unpaired) electrons. The fourth-order valence-electron chi connectivity index (χ4n) is 2.69. The molecule has 1 aliphatic heterocycles. The summed E-state index contributed by atoms with van der Waals surface area (Å²) in [6.07, 6.45) is 0. The van der Waals surface area contributed by atoms with Crippen LogP contribution in [0.2, 0.25) is 0 Å². The Morgan fingerprint density at radius 3 is 2.39 bits per heavy atom. The van der Waals surface area contributed by atoms with Crippen molar-refractivity contribution in [1.82, 2.24) is 14.5 Å². The van der Waals surface area contributed by atoms with Crippen molar-refractivity contribution in [3.63, 3.8) is 0 Å². The molecule has 1 aliphatic rings. The Morgan fingerprint density at radius 2 is 1.78 bits per heavy atom. The van der Waals surface area contributed by atoms with Crippen molar-refractivity contribution >= 4 is 11.6 Å². The third-order valence-corrected chi connectivity index (χ3v) is 4.37. The van der Waals surface area contributed by atoms with Crippen LogP contribution >= 0.6 is 0 Å². The van der Waals surface area contributed by atoms with Gasteiger partial charge in [-0.1, -0.05) is 0 Å². The topological polar surface area (TPSA) is 41.4 Å². The monoisotopic (exact) mass is 316 g/mol. The SMILES string of the molecule is Cc1nc2n(c(=O)c1C)CN(C(C)C)CN2c1ccc(F)cc1. The van der Waals surface area contributed by atoms with Crippen LogP contribution in [0.15, 0.2) is 29.1 Å². The molecule has 3 rings (SSSR count). The summed E-state index contributed by atoms with van der Waals surface area (Å²) >= 11 is 0. The van der Waals surface area contributed by atoms with E-state index in [2.05, 4.69) is 23.7 Å². The van der Waals surface area contributed by atoms with E-state index in [-0.39, 0.29) is 17.4 Å². The number of rotatable bonds is 2. The second-order valence-corrected chi connectivity index (χ2v) is 6.23. The van der Waals surface area contributed by atoms with E-state index in [1.807, 2.05) is 11.8 Å². The molecule has 0 atom stereocenters. The van der Waals surface area contributed by atoms with E-state index in [0.29, 0.717) is 24.8 Å². The van der Waals surface area contributed by atoms with Crippen LogP contribution in [0.4, 0.5) is 16.0 Å². The molecule has 0 saturated heterocycles. The zero-order valence-electron chi connectivity index (χ0n) is 13.9. The third kappa shape index (κ3) is 2.74. The Hall–Kier alpha value is -2.21. The molecule has 0 spiro atoms. The van der Waals surface area contributed by atoms with Gasteiger partial charge < -0.3 is 0 Å². The molecule has 0 bridgehead atoms. The van der Waals surface area contributed by atoms with Crippen molar-refractivity contribution in [2.24, 2.45) is 0 Å². The minimum atomic E-state index is -0.281. The molecule has 0 N–H and O–H groups in total. The van der Waals surface area contributed by atoms with E-state index < -0.39 is 0 Å². The highest BCUT2D eigenvalue weighted by Gasteiger charge is 2.28. The van der Waals surface area contributed by atoms with Crippen LogP contribution in [0, 0.1) is 19.7 Å². The molecule has 6 heteroatoms. The van der Waals surface area contributed by atoms with Crippen LogP contribution in [0.3, 0.4) is 0 Å². The average molecular weight is 316 g/mol. The molecule has 23 heavy (non-hydrogen) atoms. The molecular weight excluding hydrogens is 295 g/mol. The summed E-state index contributed by atoms with van der Waals surface area (Å²) < 4.78 is 14.9. The second-order valence-electron chi connectivity index (χ2n) is 6.23. The van der Waals surface area contributed by atoms with Crippen LogP contribution in [-0.2, 0) is 6.67 Å². The number of benzene rings is 1. The molecule has 0 fully saturated rings. The van der Waals surface area contributed by atoms with Gasteiger partial charge in [-0.2, -0.15) is 0 Å². The van der Waals surface area contributed by atoms with E-state index in [1.54, 1.807) is 23.6 Å². The minimum Gasteiger partial charge on any atom is -0.298 e. The first-order chi connectivity index (χ1) is 10.9. The predicted molar refractivity (Wildman–Crippen MR) is 88.4 cm³/mol. The lowest BCUT2D eigenvalue weighted by Gasteiger charge is -2.40. The molecule has 0 saturated carbocycles. The van der Waals surface area contributed by atoms with Gasteiger partial charge in [0.2, 0.25) is 5.95 Å². The number of hydrogen-bond acceptors (Lipinski definition) is 4. The Morgan fingerprint density at radius 1 is 1.13 bits per heavy atom. The number of aromatic nitrogens is 2. The Balaban J connectivity index is 2.17. The number of anilines is 2. The lowest BCUT2D eigenvalue weighted by atomic mass is 10.2. The summed E-state index contributed by atoms with van der Waals surface area (Å²) in [6, 6.07) is 6.55. The van der Waals surface area contributed by atoms with Gasteiger partial charge in [0, 0.05) is 23.0 Å². The molecule has 122 valence electrons. The maximum atomic E-state index is 13.2. The van der Waals surface area contributed by atoms with Gasteiger partial charge in [0.25, 0.3) is 5.56 Å². The summed E-state index contributed by atoms with van der Waals surface area (Å²) in [5, 5.41) is 0. The largest absolute Gasteiger partial charge is 0.298 e. The Labute approximate surface area is 135 Å². The zero-order chi connectivity index (χ0) is 16.7. The fraction of sp³-hybridized carbons (Fsp3) is 0.412. The minimum absolute atomic E-state index is 0.0232. The van der Waals surface area contributed by atoms with Crippen molar-refractivity contribution in [1.29, 1.82) is 0 Å². The highest BCUT2D eigenvalue weighted by Crippen LogP contribution is 2.28. The van der Waals surface area contributed by atoms with Gasteiger partial charge in [-0.05, 0) is 52.0 Å². The Bertz CT molecular complexity index is 782. The normalized spacial score (nSPS) is 15.1. The second kappa shape index (κ2) is 5.77. The molecular formula is C17H21FN4O. The van der Waals surface area contributed by atoms with E-state index in [9.17, 15) is 9.18 Å². The van der Waals surface area contributed by atoms with Crippen molar-refractivity contribution in [2.75, 3.05) is 11.6 Å². The highest BCUT2D eigenvalue weighted by atomic mass is 19.1. The standard InChI is InChI=1S/C17H21FN4O/c1-11(2)20-9-21(15-7-5-14(18)6-8-15)17-19-13(4)12(3)16(23)22(17)10-20/h5-8,11H,9-10H2,1-4H3. The Kier molecular flexibility index (Phi) is 3.93. The van der Waals surface area contributed by atoms with Crippen molar-refractivity contribution in [3.05, 3.63) is 51.7 Å². The quantitative estimate of drug-likeness (QED) is 0.854. The first-order valence-electron chi connectivity index (χ1n) is 7.73. The first kappa shape index (κ1) is 15.7. The summed E-state index contributed by atoms with van der Waals surface area (Å²) in [4.78, 5) is 21.4. The zero-order valence-corrected chi connectivity index (χ0v) is 13.9. The summed E-state index contributed by atoms with van der Waals surface area (Å²) in [7, 11) is 0.